The maximum absolute atomic E-state index is 12.0. The van der Waals surface area contributed by atoms with Crippen LogP contribution in [0.15, 0.2) is 17.0 Å². The van der Waals surface area contributed by atoms with Crippen molar-refractivity contribution < 1.29 is 4.79 Å². The van der Waals surface area contributed by atoms with Gasteiger partial charge in [-0.15, -0.1) is 23.1 Å². The molecule has 3 rings (SSSR count). The third-order valence-electron chi connectivity index (χ3n) is 3.07. The van der Waals surface area contributed by atoms with Crippen LogP contribution in [0.1, 0.15) is 29.1 Å². The Morgan fingerprint density at radius 3 is 2.93 bits per heavy atom. The molecule has 1 aliphatic carbocycles. The third-order valence-corrected chi connectivity index (χ3v) is 5.57. The van der Waals surface area contributed by atoms with E-state index in [1.54, 1.807) is 11.3 Å². The number of allylic oxidation sites excluding steroid dienone is 1. The molecule has 1 aliphatic heterocycles. The number of thioether (sulfide) groups is 1. The van der Waals surface area contributed by atoms with E-state index in [0.717, 1.165) is 11.1 Å². The summed E-state index contributed by atoms with van der Waals surface area (Å²) in [4.78, 5) is 14.5. The van der Waals surface area contributed by atoms with E-state index in [2.05, 4.69) is 13.8 Å². The van der Waals surface area contributed by atoms with Crippen molar-refractivity contribution >= 4 is 33.8 Å². The van der Waals surface area contributed by atoms with Gasteiger partial charge in [-0.1, -0.05) is 13.8 Å². The Labute approximate surface area is 91.2 Å². The van der Waals surface area contributed by atoms with Gasteiger partial charge in [-0.2, -0.15) is 0 Å². The summed E-state index contributed by atoms with van der Waals surface area (Å²) in [6.07, 6.45) is 0. The van der Waals surface area contributed by atoms with Gasteiger partial charge in [-0.05, 0) is 17.4 Å². The Kier molecular flexibility index (Phi) is 1.71. The van der Waals surface area contributed by atoms with Crippen molar-refractivity contribution in [1.29, 1.82) is 0 Å². The number of carbonyl (C=O) groups is 1. The molecule has 0 N–H and O–H groups in total. The summed E-state index contributed by atoms with van der Waals surface area (Å²) < 4.78 is 0. The fourth-order valence-electron chi connectivity index (χ4n) is 2.09. The second kappa shape index (κ2) is 2.74. The van der Waals surface area contributed by atoms with E-state index in [4.69, 9.17) is 0 Å². The first kappa shape index (κ1) is 8.74. The summed E-state index contributed by atoms with van der Waals surface area (Å²) in [5, 5.41) is 2.57. The van der Waals surface area contributed by atoms with E-state index in [-0.39, 0.29) is 5.78 Å². The topological polar surface area (TPSA) is 17.1 Å². The number of Topliss-reactive ketones (excluding diaryl/α,β-unsaturated/α-hetero) is 1. The predicted octanol–water partition coefficient (Wildman–Crippen LogP) is 3.43. The van der Waals surface area contributed by atoms with Crippen molar-refractivity contribution in [2.75, 3.05) is 0 Å². The van der Waals surface area contributed by atoms with Crippen LogP contribution in [0.25, 0.3) is 4.91 Å². The molecule has 0 saturated heterocycles. The predicted molar refractivity (Wildman–Crippen MR) is 61.8 cm³/mol. The Balaban J connectivity index is 2.20. The molecule has 0 spiro atoms. The monoisotopic (exact) mass is 222 g/mol. The van der Waals surface area contributed by atoms with Crippen molar-refractivity contribution in [3.63, 3.8) is 0 Å². The summed E-state index contributed by atoms with van der Waals surface area (Å²) >= 11 is 3.56. The van der Waals surface area contributed by atoms with Crippen LogP contribution in [0.3, 0.4) is 0 Å². The molecule has 2 unspecified atom stereocenters. The van der Waals surface area contributed by atoms with Crippen molar-refractivity contribution in [2.45, 2.75) is 19.1 Å². The highest BCUT2D eigenvalue weighted by Crippen LogP contribution is 2.54. The van der Waals surface area contributed by atoms with Gasteiger partial charge in [-0.25, -0.2) is 0 Å². The van der Waals surface area contributed by atoms with Gasteiger partial charge < -0.3 is 0 Å². The number of ketones is 1. The van der Waals surface area contributed by atoms with E-state index >= 15 is 0 Å². The smallest absolute Gasteiger partial charge is 0.191 e. The van der Waals surface area contributed by atoms with Gasteiger partial charge in [0.15, 0.2) is 5.78 Å². The first-order chi connectivity index (χ1) is 6.70. The van der Waals surface area contributed by atoms with Gasteiger partial charge in [0.2, 0.25) is 0 Å². The largest absolute Gasteiger partial charge is 0.289 e. The first-order valence-electron chi connectivity index (χ1n) is 4.73. The molecule has 72 valence electrons. The van der Waals surface area contributed by atoms with Crippen molar-refractivity contribution in [1.82, 2.24) is 0 Å². The molecule has 14 heavy (non-hydrogen) atoms. The fourth-order valence-corrected chi connectivity index (χ4v) is 4.56. The van der Waals surface area contributed by atoms with Crippen LogP contribution in [-0.2, 0) is 0 Å². The molecule has 0 amide bonds. The first-order valence-corrected chi connectivity index (χ1v) is 6.49. The van der Waals surface area contributed by atoms with Crippen LogP contribution in [0.2, 0.25) is 0 Å². The SMILES string of the molecule is CC1SC2=C(C(=O)c3ccsc32)C1C. The highest BCUT2D eigenvalue weighted by atomic mass is 32.2. The van der Waals surface area contributed by atoms with E-state index in [1.807, 2.05) is 23.2 Å². The number of fused-ring (bicyclic) bond motifs is 2. The molecule has 1 aromatic rings. The van der Waals surface area contributed by atoms with E-state index in [9.17, 15) is 4.79 Å². The van der Waals surface area contributed by atoms with Crippen LogP contribution in [-0.4, -0.2) is 11.0 Å². The molecule has 0 aromatic carbocycles. The lowest BCUT2D eigenvalue weighted by atomic mass is 9.96. The number of carbonyl (C=O) groups excluding carboxylic acids is 1. The molecule has 2 heterocycles. The number of hydrogen-bond donors (Lipinski definition) is 0. The number of hydrogen-bond acceptors (Lipinski definition) is 3. The van der Waals surface area contributed by atoms with Crippen LogP contribution in [0.4, 0.5) is 0 Å². The van der Waals surface area contributed by atoms with Crippen LogP contribution >= 0.6 is 23.1 Å². The number of thiophene rings is 1. The lowest BCUT2D eigenvalue weighted by Crippen LogP contribution is -2.12. The highest BCUT2D eigenvalue weighted by molar-refractivity contribution is 8.09. The molecule has 1 nitrogen and oxygen atoms in total. The summed E-state index contributed by atoms with van der Waals surface area (Å²) in [5.41, 5.74) is 2.01. The lowest BCUT2D eigenvalue weighted by Gasteiger charge is -2.11. The zero-order valence-corrected chi connectivity index (χ0v) is 9.67. The molecule has 0 radical (unpaired) electrons. The molecule has 2 atom stereocenters. The summed E-state index contributed by atoms with van der Waals surface area (Å²) in [6.45, 7) is 4.36. The summed E-state index contributed by atoms with van der Waals surface area (Å²) in [6, 6.07) is 1.96. The maximum atomic E-state index is 12.0. The van der Waals surface area contributed by atoms with Crippen LogP contribution in [0.5, 0.6) is 0 Å². The molecule has 0 fully saturated rings. The summed E-state index contributed by atoms with van der Waals surface area (Å²) in [7, 11) is 0. The zero-order chi connectivity index (χ0) is 9.87. The second-order valence-corrected chi connectivity index (χ2v) is 6.15. The fraction of sp³-hybridized carbons (Fsp3) is 0.364. The van der Waals surface area contributed by atoms with Gasteiger partial charge in [-0.3, -0.25) is 4.79 Å². The number of rotatable bonds is 0. The maximum Gasteiger partial charge on any atom is 0.191 e. The van der Waals surface area contributed by atoms with E-state index < -0.39 is 0 Å². The minimum absolute atomic E-state index is 0.278. The van der Waals surface area contributed by atoms with Gasteiger partial charge in [0.05, 0.1) is 4.88 Å². The van der Waals surface area contributed by atoms with Crippen molar-refractivity contribution in [3.8, 4) is 0 Å². The quantitative estimate of drug-likeness (QED) is 0.669. The van der Waals surface area contributed by atoms with Gasteiger partial charge in [0.25, 0.3) is 0 Å². The average molecular weight is 222 g/mol. The Morgan fingerprint density at radius 1 is 1.36 bits per heavy atom. The molecule has 3 heteroatoms. The minimum Gasteiger partial charge on any atom is -0.289 e. The normalized spacial score (nSPS) is 29.7. The van der Waals surface area contributed by atoms with Gasteiger partial charge in [0, 0.05) is 21.3 Å². The highest BCUT2D eigenvalue weighted by Gasteiger charge is 2.41. The van der Waals surface area contributed by atoms with Crippen molar-refractivity contribution in [3.05, 3.63) is 27.5 Å². The van der Waals surface area contributed by atoms with E-state index in [1.165, 1.54) is 9.78 Å². The second-order valence-electron chi connectivity index (χ2n) is 3.85. The molecule has 0 bridgehead atoms. The minimum atomic E-state index is 0.278. The summed E-state index contributed by atoms with van der Waals surface area (Å²) in [5.74, 6) is 0.697. The molecule has 1 aromatic heterocycles. The molecular weight excluding hydrogens is 212 g/mol. The Morgan fingerprint density at radius 2 is 2.14 bits per heavy atom. The molecule has 0 saturated carbocycles. The van der Waals surface area contributed by atoms with Crippen LogP contribution in [0, 0.1) is 5.92 Å². The van der Waals surface area contributed by atoms with Gasteiger partial charge in [0.1, 0.15) is 0 Å². The van der Waals surface area contributed by atoms with Gasteiger partial charge >= 0.3 is 0 Å². The Hall–Kier alpha value is -0.540. The van der Waals surface area contributed by atoms with E-state index in [0.29, 0.717) is 11.2 Å². The zero-order valence-electron chi connectivity index (χ0n) is 8.03. The molecule has 2 aliphatic rings. The van der Waals surface area contributed by atoms with Crippen LogP contribution < -0.4 is 0 Å². The Bertz CT molecular complexity index is 456. The lowest BCUT2D eigenvalue weighted by molar-refractivity contribution is 0.102. The third kappa shape index (κ3) is 0.894. The standard InChI is InChI=1S/C11H10OS2/c1-5-6(2)14-11-8(5)9(12)7-3-4-13-10(7)11/h3-6H,1-2H3. The average Bonchev–Trinajstić information content (AvgIpc) is 2.76. The molecular formula is C11H10OS2. The van der Waals surface area contributed by atoms with Crippen molar-refractivity contribution in [2.24, 2.45) is 5.92 Å².